The Morgan fingerprint density at radius 2 is 2.00 bits per heavy atom. The van der Waals surface area contributed by atoms with Crippen LogP contribution in [0.5, 0.6) is 5.75 Å². The number of benzene rings is 1. The number of hydrogen-bond donors (Lipinski definition) is 1. The van der Waals surface area contributed by atoms with Gasteiger partial charge in [-0.15, -0.1) is 0 Å². The lowest BCUT2D eigenvalue weighted by Crippen LogP contribution is -2.36. The SMILES string of the molecule is CCCCCOc1ccc(C2C3=C(CC(C)(C)CC3=O)Nc3nnnn32)cc1. The molecule has 148 valence electrons. The summed E-state index contributed by atoms with van der Waals surface area (Å²) in [5.74, 6) is 1.58. The van der Waals surface area contributed by atoms with E-state index in [1.54, 1.807) is 4.68 Å². The maximum atomic E-state index is 13.0. The zero-order valence-corrected chi connectivity index (χ0v) is 16.7. The first-order valence-electron chi connectivity index (χ1n) is 10.0. The first kappa shape index (κ1) is 18.7. The maximum Gasteiger partial charge on any atom is 0.248 e. The number of nitrogens with zero attached hydrogens (tertiary/aromatic N) is 4. The minimum Gasteiger partial charge on any atom is -0.494 e. The molecule has 0 saturated carbocycles. The molecule has 2 heterocycles. The number of carbonyl (C=O) groups is 1. The Kier molecular flexibility index (Phi) is 4.91. The summed E-state index contributed by atoms with van der Waals surface area (Å²) >= 11 is 0. The van der Waals surface area contributed by atoms with Crippen LogP contribution in [0.15, 0.2) is 35.5 Å². The van der Waals surface area contributed by atoms with Crippen LogP contribution in [0.25, 0.3) is 0 Å². The first-order valence-corrected chi connectivity index (χ1v) is 10.0. The molecule has 2 aliphatic rings. The number of aromatic nitrogens is 4. The van der Waals surface area contributed by atoms with Crippen molar-refractivity contribution in [2.75, 3.05) is 11.9 Å². The van der Waals surface area contributed by atoms with Gasteiger partial charge in [0.25, 0.3) is 0 Å². The summed E-state index contributed by atoms with van der Waals surface area (Å²) in [6, 6.07) is 7.64. The number of fused-ring (bicyclic) bond motifs is 1. The van der Waals surface area contributed by atoms with Crippen molar-refractivity contribution in [3.8, 4) is 5.75 Å². The van der Waals surface area contributed by atoms with Crippen molar-refractivity contribution in [3.63, 3.8) is 0 Å². The van der Waals surface area contributed by atoms with Crippen LogP contribution in [0.1, 0.15) is 64.5 Å². The third-order valence-corrected chi connectivity index (χ3v) is 5.41. The summed E-state index contributed by atoms with van der Waals surface area (Å²) in [5, 5.41) is 15.3. The maximum absolute atomic E-state index is 13.0. The van der Waals surface area contributed by atoms with Crippen molar-refractivity contribution in [2.45, 2.75) is 58.9 Å². The number of Topliss-reactive ketones (excluding diaryl/α,β-unsaturated/α-hetero) is 1. The quantitative estimate of drug-likeness (QED) is 0.764. The van der Waals surface area contributed by atoms with Gasteiger partial charge in [0, 0.05) is 17.7 Å². The molecular formula is C21H27N5O2. The topological polar surface area (TPSA) is 81.9 Å². The van der Waals surface area contributed by atoms with Crippen LogP contribution in [0.4, 0.5) is 5.95 Å². The summed E-state index contributed by atoms with van der Waals surface area (Å²) < 4.78 is 7.52. The van der Waals surface area contributed by atoms with Crippen LogP contribution in [0.2, 0.25) is 0 Å². The minimum absolute atomic E-state index is 0.0702. The zero-order chi connectivity index (χ0) is 19.7. The van der Waals surface area contributed by atoms with E-state index in [4.69, 9.17) is 4.74 Å². The van der Waals surface area contributed by atoms with Gasteiger partial charge in [0.05, 0.1) is 6.61 Å². The fraction of sp³-hybridized carbons (Fsp3) is 0.524. The molecule has 7 heteroatoms. The number of nitrogens with one attached hydrogen (secondary N) is 1. The smallest absolute Gasteiger partial charge is 0.248 e. The molecule has 1 atom stereocenters. The third-order valence-electron chi connectivity index (χ3n) is 5.41. The molecular weight excluding hydrogens is 354 g/mol. The minimum atomic E-state index is -0.306. The Morgan fingerprint density at radius 3 is 2.75 bits per heavy atom. The number of tetrazole rings is 1. The van der Waals surface area contributed by atoms with Crippen LogP contribution in [0, 0.1) is 5.41 Å². The molecule has 1 aliphatic carbocycles. The molecule has 1 unspecified atom stereocenters. The second-order valence-electron chi connectivity index (χ2n) is 8.43. The van der Waals surface area contributed by atoms with E-state index in [0.29, 0.717) is 12.4 Å². The van der Waals surface area contributed by atoms with Crippen molar-refractivity contribution in [1.29, 1.82) is 0 Å². The standard InChI is InChI=1S/C21H27N5O2/c1-4-5-6-11-28-15-9-7-14(8-10-15)19-18-16(12-21(2,3)13-17(18)27)22-20-23-24-25-26(19)20/h7-10,19H,4-6,11-13H2,1-3H3,(H,22,23,25). The molecule has 0 bridgehead atoms. The highest BCUT2D eigenvalue weighted by Gasteiger charge is 2.41. The molecule has 2 aromatic rings. The molecule has 0 amide bonds. The van der Waals surface area contributed by atoms with Gasteiger partial charge < -0.3 is 10.1 Å². The van der Waals surface area contributed by atoms with Gasteiger partial charge in [-0.25, -0.2) is 0 Å². The van der Waals surface area contributed by atoms with E-state index >= 15 is 0 Å². The van der Waals surface area contributed by atoms with Gasteiger partial charge >= 0.3 is 0 Å². The highest BCUT2D eigenvalue weighted by molar-refractivity contribution is 6.00. The Hall–Kier alpha value is -2.70. The second kappa shape index (κ2) is 7.37. The van der Waals surface area contributed by atoms with E-state index in [0.717, 1.165) is 42.0 Å². The average Bonchev–Trinajstić information content (AvgIpc) is 3.11. The van der Waals surface area contributed by atoms with Crippen LogP contribution < -0.4 is 10.1 Å². The van der Waals surface area contributed by atoms with Crippen molar-refractivity contribution in [3.05, 3.63) is 41.1 Å². The Balaban J connectivity index is 1.64. The fourth-order valence-corrected chi connectivity index (χ4v) is 4.07. The molecule has 4 rings (SSSR count). The van der Waals surface area contributed by atoms with Crippen LogP contribution in [0.3, 0.4) is 0 Å². The lowest BCUT2D eigenvalue weighted by molar-refractivity contribution is -0.118. The van der Waals surface area contributed by atoms with Crippen molar-refractivity contribution in [1.82, 2.24) is 20.2 Å². The lowest BCUT2D eigenvalue weighted by Gasteiger charge is -2.37. The van der Waals surface area contributed by atoms with Gasteiger partial charge in [0.2, 0.25) is 5.95 Å². The molecule has 1 N–H and O–H groups in total. The molecule has 0 saturated heterocycles. The highest BCUT2D eigenvalue weighted by Crippen LogP contribution is 2.45. The second-order valence-corrected chi connectivity index (χ2v) is 8.43. The summed E-state index contributed by atoms with van der Waals surface area (Å²) in [6.45, 7) is 7.14. The third kappa shape index (κ3) is 3.53. The van der Waals surface area contributed by atoms with Crippen LogP contribution in [-0.4, -0.2) is 32.6 Å². The van der Waals surface area contributed by atoms with E-state index in [1.165, 1.54) is 12.8 Å². The summed E-state index contributed by atoms with van der Waals surface area (Å²) in [6.07, 6.45) is 4.73. The van der Waals surface area contributed by atoms with E-state index in [9.17, 15) is 4.79 Å². The van der Waals surface area contributed by atoms with Gasteiger partial charge in [-0.1, -0.05) is 50.8 Å². The van der Waals surface area contributed by atoms with Crippen LogP contribution in [-0.2, 0) is 4.79 Å². The number of anilines is 1. The average molecular weight is 381 g/mol. The Bertz CT molecular complexity index is 898. The fourth-order valence-electron chi connectivity index (χ4n) is 4.07. The normalized spacial score (nSPS) is 20.4. The van der Waals surface area contributed by atoms with Crippen molar-refractivity contribution in [2.24, 2.45) is 5.41 Å². The van der Waals surface area contributed by atoms with Crippen molar-refractivity contribution < 1.29 is 9.53 Å². The largest absolute Gasteiger partial charge is 0.494 e. The van der Waals surface area contributed by atoms with Gasteiger partial charge in [-0.05, 0) is 46.4 Å². The van der Waals surface area contributed by atoms with Gasteiger partial charge in [-0.2, -0.15) is 4.68 Å². The van der Waals surface area contributed by atoms with Crippen LogP contribution >= 0.6 is 0 Å². The molecule has 1 aromatic carbocycles. The molecule has 7 nitrogen and oxygen atoms in total. The van der Waals surface area contributed by atoms with Gasteiger partial charge in [0.1, 0.15) is 11.8 Å². The summed E-state index contributed by atoms with van der Waals surface area (Å²) in [5.41, 5.74) is 2.62. The number of hydrogen-bond acceptors (Lipinski definition) is 6. The monoisotopic (exact) mass is 381 g/mol. The number of allylic oxidation sites excluding steroid dienone is 2. The summed E-state index contributed by atoms with van der Waals surface area (Å²) in [7, 11) is 0. The first-order chi connectivity index (χ1) is 13.5. The van der Waals surface area contributed by atoms with E-state index in [-0.39, 0.29) is 17.2 Å². The molecule has 1 aliphatic heterocycles. The number of rotatable bonds is 6. The van der Waals surface area contributed by atoms with E-state index in [2.05, 4.69) is 41.6 Å². The predicted molar refractivity (Wildman–Crippen MR) is 106 cm³/mol. The number of carbonyl (C=O) groups excluding carboxylic acids is 1. The van der Waals surface area contributed by atoms with E-state index < -0.39 is 0 Å². The number of ketones is 1. The lowest BCUT2D eigenvalue weighted by atomic mass is 9.73. The van der Waals surface area contributed by atoms with Gasteiger partial charge in [0.15, 0.2) is 5.78 Å². The Labute approximate surface area is 165 Å². The summed E-state index contributed by atoms with van der Waals surface area (Å²) in [4.78, 5) is 13.0. The number of ether oxygens (including phenoxy) is 1. The predicted octanol–water partition coefficient (Wildman–Crippen LogP) is 3.90. The van der Waals surface area contributed by atoms with E-state index in [1.807, 2.05) is 24.3 Å². The van der Waals surface area contributed by atoms with Gasteiger partial charge in [-0.3, -0.25) is 4.79 Å². The van der Waals surface area contributed by atoms with Crippen molar-refractivity contribution >= 4 is 11.7 Å². The molecule has 0 fully saturated rings. The number of unbranched alkanes of at least 4 members (excludes halogenated alkanes) is 2. The molecule has 0 spiro atoms. The Morgan fingerprint density at radius 1 is 1.21 bits per heavy atom. The zero-order valence-electron chi connectivity index (χ0n) is 16.7. The molecule has 1 aromatic heterocycles. The highest BCUT2D eigenvalue weighted by atomic mass is 16.5. The molecule has 28 heavy (non-hydrogen) atoms. The molecule has 0 radical (unpaired) electrons.